The number of rotatable bonds is 1. The maximum absolute atomic E-state index is 13.3. The number of benzene rings is 1. The highest BCUT2D eigenvalue weighted by atomic mass is 19.1. The number of hydrogen-bond acceptors (Lipinski definition) is 3. The summed E-state index contributed by atoms with van der Waals surface area (Å²) in [6.45, 7) is 0.545. The summed E-state index contributed by atoms with van der Waals surface area (Å²) in [5.41, 5.74) is 1.06. The van der Waals surface area contributed by atoms with Gasteiger partial charge in [0.25, 0.3) is 0 Å². The van der Waals surface area contributed by atoms with Crippen molar-refractivity contribution in [2.45, 2.75) is 13.0 Å². The third kappa shape index (κ3) is 1.54. The fourth-order valence-electron chi connectivity index (χ4n) is 1.36. The lowest BCUT2D eigenvalue weighted by atomic mass is 10.1. The van der Waals surface area contributed by atoms with Gasteiger partial charge in [0, 0.05) is 11.1 Å². The smallest absolute Gasteiger partial charge is 0.189 e. The Kier molecular flexibility index (Phi) is 2.33. The summed E-state index contributed by atoms with van der Waals surface area (Å²) in [5.74, 6) is 0.238. The van der Waals surface area contributed by atoms with E-state index in [-0.39, 0.29) is 19.0 Å². The van der Waals surface area contributed by atoms with Gasteiger partial charge in [-0.05, 0) is 12.1 Å². The van der Waals surface area contributed by atoms with Gasteiger partial charge in [-0.2, -0.15) is 5.26 Å². The summed E-state index contributed by atoms with van der Waals surface area (Å²) in [5, 5.41) is 8.47. The Morgan fingerprint density at radius 1 is 1.50 bits per heavy atom. The maximum Gasteiger partial charge on any atom is 0.189 e. The first-order valence-electron chi connectivity index (χ1n) is 4.20. The average molecular weight is 193 g/mol. The number of nitriles is 1. The monoisotopic (exact) mass is 193 g/mol. The van der Waals surface area contributed by atoms with Crippen LogP contribution in [-0.2, 0) is 17.8 Å². The van der Waals surface area contributed by atoms with Crippen LogP contribution in [-0.4, -0.2) is 6.79 Å². The Morgan fingerprint density at radius 3 is 3.14 bits per heavy atom. The number of halogens is 1. The van der Waals surface area contributed by atoms with Crippen molar-refractivity contribution >= 4 is 0 Å². The largest absolute Gasteiger partial charge is 0.467 e. The van der Waals surface area contributed by atoms with Gasteiger partial charge in [0.15, 0.2) is 6.79 Å². The van der Waals surface area contributed by atoms with E-state index in [0.717, 1.165) is 0 Å². The Hall–Kier alpha value is -1.60. The number of nitrogens with zero attached hydrogens (tertiary/aromatic N) is 1. The minimum absolute atomic E-state index is 0.0589. The molecule has 2 rings (SSSR count). The number of ether oxygens (including phenoxy) is 2. The topological polar surface area (TPSA) is 42.2 Å². The zero-order valence-corrected chi connectivity index (χ0v) is 7.42. The number of hydrogen-bond donors (Lipinski definition) is 0. The summed E-state index contributed by atoms with van der Waals surface area (Å²) < 4.78 is 23.5. The molecule has 1 aromatic rings. The van der Waals surface area contributed by atoms with Crippen LogP contribution in [0.2, 0.25) is 0 Å². The summed E-state index contributed by atoms with van der Waals surface area (Å²) in [7, 11) is 0. The second-order valence-electron chi connectivity index (χ2n) is 3.00. The molecule has 0 saturated carbocycles. The average Bonchev–Trinajstić information content (AvgIpc) is 2.19. The first-order valence-corrected chi connectivity index (χ1v) is 4.20. The van der Waals surface area contributed by atoms with E-state index in [0.29, 0.717) is 23.5 Å². The fraction of sp³-hybridized carbons (Fsp3) is 0.300. The van der Waals surface area contributed by atoms with Gasteiger partial charge in [-0.15, -0.1) is 0 Å². The van der Waals surface area contributed by atoms with E-state index in [1.807, 2.05) is 6.07 Å². The molecule has 1 heterocycles. The molecule has 1 aliphatic heterocycles. The second-order valence-corrected chi connectivity index (χ2v) is 3.00. The van der Waals surface area contributed by atoms with Crippen molar-refractivity contribution in [2.24, 2.45) is 0 Å². The van der Waals surface area contributed by atoms with E-state index in [2.05, 4.69) is 0 Å². The molecule has 0 aliphatic carbocycles. The third-order valence-corrected chi connectivity index (χ3v) is 2.05. The van der Waals surface area contributed by atoms with Crippen LogP contribution in [0.15, 0.2) is 12.1 Å². The summed E-state index contributed by atoms with van der Waals surface area (Å²) in [4.78, 5) is 0. The van der Waals surface area contributed by atoms with Gasteiger partial charge in [-0.1, -0.05) is 0 Å². The maximum atomic E-state index is 13.3. The van der Waals surface area contributed by atoms with Gasteiger partial charge in [0.05, 0.1) is 19.1 Å². The minimum atomic E-state index is -0.376. The lowest BCUT2D eigenvalue weighted by Gasteiger charge is -2.18. The molecule has 0 bridgehead atoms. The standard InChI is InChI=1S/C10H8FNO2/c11-9-3-8-5-13-6-14-10(8)4-7(9)1-2-12/h3-4H,1,5-6H2. The Bertz CT molecular complexity index is 398. The van der Waals surface area contributed by atoms with Crippen molar-refractivity contribution in [3.05, 3.63) is 29.1 Å². The van der Waals surface area contributed by atoms with E-state index in [4.69, 9.17) is 14.7 Å². The minimum Gasteiger partial charge on any atom is -0.467 e. The second kappa shape index (κ2) is 3.64. The van der Waals surface area contributed by atoms with Crippen LogP contribution < -0.4 is 4.74 Å². The zero-order valence-electron chi connectivity index (χ0n) is 7.42. The third-order valence-electron chi connectivity index (χ3n) is 2.05. The molecule has 0 fully saturated rings. The molecule has 0 unspecified atom stereocenters. The van der Waals surface area contributed by atoms with Gasteiger partial charge in [0.1, 0.15) is 11.6 Å². The van der Waals surface area contributed by atoms with E-state index in [1.54, 1.807) is 6.07 Å². The molecular weight excluding hydrogens is 185 g/mol. The number of fused-ring (bicyclic) bond motifs is 1. The molecule has 0 spiro atoms. The molecular formula is C10H8FNO2. The van der Waals surface area contributed by atoms with Crippen molar-refractivity contribution in [1.82, 2.24) is 0 Å². The van der Waals surface area contributed by atoms with Crippen LogP contribution in [0.25, 0.3) is 0 Å². The van der Waals surface area contributed by atoms with Crippen molar-refractivity contribution in [2.75, 3.05) is 6.79 Å². The van der Waals surface area contributed by atoms with Crippen molar-refractivity contribution in [1.29, 1.82) is 5.26 Å². The van der Waals surface area contributed by atoms with Crippen LogP contribution in [0.1, 0.15) is 11.1 Å². The van der Waals surface area contributed by atoms with E-state index < -0.39 is 0 Å². The fourth-order valence-corrected chi connectivity index (χ4v) is 1.36. The highest BCUT2D eigenvalue weighted by Gasteiger charge is 2.14. The highest BCUT2D eigenvalue weighted by Crippen LogP contribution is 2.26. The predicted octanol–water partition coefficient (Wildman–Crippen LogP) is 1.76. The van der Waals surface area contributed by atoms with Crippen molar-refractivity contribution < 1.29 is 13.9 Å². The van der Waals surface area contributed by atoms with E-state index in [9.17, 15) is 4.39 Å². The highest BCUT2D eigenvalue weighted by molar-refractivity contribution is 5.39. The van der Waals surface area contributed by atoms with Gasteiger partial charge in [0.2, 0.25) is 0 Å². The Balaban J connectivity index is 2.41. The van der Waals surface area contributed by atoms with Crippen molar-refractivity contribution in [3.63, 3.8) is 0 Å². The zero-order chi connectivity index (χ0) is 9.97. The van der Waals surface area contributed by atoms with Crippen LogP contribution >= 0.6 is 0 Å². The van der Waals surface area contributed by atoms with Crippen LogP contribution in [0.4, 0.5) is 4.39 Å². The van der Waals surface area contributed by atoms with Crippen LogP contribution in [0.3, 0.4) is 0 Å². The SMILES string of the molecule is N#CCc1cc2c(cc1F)COCO2. The molecule has 0 radical (unpaired) electrons. The van der Waals surface area contributed by atoms with Crippen molar-refractivity contribution in [3.8, 4) is 11.8 Å². The molecule has 1 aromatic carbocycles. The van der Waals surface area contributed by atoms with Crippen LogP contribution in [0, 0.1) is 17.1 Å². The molecule has 4 heteroatoms. The van der Waals surface area contributed by atoms with Gasteiger partial charge >= 0.3 is 0 Å². The van der Waals surface area contributed by atoms with Gasteiger partial charge in [-0.3, -0.25) is 0 Å². The lowest BCUT2D eigenvalue weighted by Crippen LogP contribution is -2.12. The summed E-state index contributed by atoms with van der Waals surface area (Å²) in [6, 6.07) is 4.83. The molecule has 3 nitrogen and oxygen atoms in total. The molecule has 0 aromatic heterocycles. The van der Waals surface area contributed by atoms with Crippen LogP contribution in [0.5, 0.6) is 5.75 Å². The molecule has 14 heavy (non-hydrogen) atoms. The molecule has 0 amide bonds. The van der Waals surface area contributed by atoms with Gasteiger partial charge < -0.3 is 9.47 Å². The molecule has 0 atom stereocenters. The molecule has 0 N–H and O–H groups in total. The quantitative estimate of drug-likeness (QED) is 0.682. The van der Waals surface area contributed by atoms with E-state index >= 15 is 0 Å². The molecule has 72 valence electrons. The summed E-state index contributed by atoms with van der Waals surface area (Å²) >= 11 is 0. The van der Waals surface area contributed by atoms with E-state index in [1.165, 1.54) is 6.07 Å². The lowest BCUT2D eigenvalue weighted by molar-refractivity contribution is -0.0166. The predicted molar refractivity (Wildman–Crippen MR) is 46.0 cm³/mol. The Labute approximate surface area is 80.7 Å². The normalized spacial score (nSPS) is 14.0. The van der Waals surface area contributed by atoms with Gasteiger partial charge in [-0.25, -0.2) is 4.39 Å². The first-order chi connectivity index (χ1) is 6.81. The molecule has 0 saturated heterocycles. The first kappa shape index (κ1) is 8.97. The summed E-state index contributed by atoms with van der Waals surface area (Å²) in [6.07, 6.45) is 0.0589. The molecule has 1 aliphatic rings. The Morgan fingerprint density at radius 2 is 2.36 bits per heavy atom.